The fraction of sp³-hybridized carbons (Fsp3) is 0.562. The van der Waals surface area contributed by atoms with E-state index in [-0.39, 0.29) is 49.0 Å². The zero-order valence-corrected chi connectivity index (χ0v) is 26.6. The lowest BCUT2D eigenvalue weighted by Gasteiger charge is -2.35. The molecule has 12 heteroatoms. The zero-order valence-electron chi connectivity index (χ0n) is 25.8. The molecule has 1 amide bonds. The lowest BCUT2D eigenvalue weighted by atomic mass is 9.87. The molecule has 2 fully saturated rings. The third kappa shape index (κ3) is 9.01. The van der Waals surface area contributed by atoms with Crippen molar-refractivity contribution in [2.24, 2.45) is 11.3 Å². The van der Waals surface area contributed by atoms with E-state index in [4.69, 9.17) is 18.9 Å². The molecule has 0 spiro atoms. The van der Waals surface area contributed by atoms with Crippen LogP contribution < -0.4 is 10.1 Å². The number of carbonyl (C=O) groups excluding carboxylic acids is 2. The smallest absolute Gasteiger partial charge is 0.407 e. The van der Waals surface area contributed by atoms with E-state index in [1.54, 1.807) is 12.1 Å². The van der Waals surface area contributed by atoms with E-state index >= 15 is 0 Å². The van der Waals surface area contributed by atoms with Crippen molar-refractivity contribution in [2.75, 3.05) is 33.4 Å². The van der Waals surface area contributed by atoms with Gasteiger partial charge < -0.3 is 34.2 Å². The van der Waals surface area contributed by atoms with Gasteiger partial charge in [-0.25, -0.2) is 13.2 Å². The van der Waals surface area contributed by atoms with Gasteiger partial charge in [-0.2, -0.15) is 4.31 Å². The van der Waals surface area contributed by atoms with Crippen molar-refractivity contribution in [3.8, 4) is 5.75 Å². The highest BCUT2D eigenvalue weighted by atomic mass is 32.2. The summed E-state index contributed by atoms with van der Waals surface area (Å²) in [5, 5.41) is 14.4. The van der Waals surface area contributed by atoms with E-state index in [0.29, 0.717) is 25.2 Å². The summed E-state index contributed by atoms with van der Waals surface area (Å²) in [6, 6.07) is 14.5. The van der Waals surface area contributed by atoms with Crippen molar-refractivity contribution in [1.82, 2.24) is 9.62 Å². The average Bonchev–Trinajstić information content (AvgIpc) is 3.61. The average molecular weight is 633 g/mol. The molecule has 0 aromatic heterocycles. The molecule has 4 rings (SSSR count). The summed E-state index contributed by atoms with van der Waals surface area (Å²) in [5.74, 6) is 0.461. The molecule has 44 heavy (non-hydrogen) atoms. The number of rotatable bonds is 15. The molecule has 0 bridgehead atoms. The molecular formula is C32H44N2O9S. The Labute approximate surface area is 259 Å². The van der Waals surface area contributed by atoms with Gasteiger partial charge in [0.05, 0.1) is 43.3 Å². The second-order valence-electron chi connectivity index (χ2n) is 12.3. The zero-order chi connectivity index (χ0) is 31.9. The summed E-state index contributed by atoms with van der Waals surface area (Å²) in [4.78, 5) is 24.9. The van der Waals surface area contributed by atoms with Crippen molar-refractivity contribution in [3.05, 3.63) is 60.2 Å². The van der Waals surface area contributed by atoms with Crippen LogP contribution in [-0.2, 0) is 35.4 Å². The Morgan fingerprint density at radius 1 is 1.11 bits per heavy atom. The number of ketones is 1. The number of benzene rings is 2. The fourth-order valence-corrected chi connectivity index (χ4v) is 7.22. The predicted octanol–water partition coefficient (Wildman–Crippen LogP) is 3.54. The van der Waals surface area contributed by atoms with Gasteiger partial charge >= 0.3 is 6.09 Å². The van der Waals surface area contributed by atoms with Gasteiger partial charge in [-0.1, -0.05) is 44.2 Å². The number of amides is 1. The number of fused-ring (bicyclic) bond motifs is 1. The van der Waals surface area contributed by atoms with Crippen LogP contribution in [0.4, 0.5) is 4.79 Å². The molecule has 2 N–H and O–H groups in total. The maximum absolute atomic E-state index is 14.0. The molecule has 2 aromatic carbocycles. The number of aliphatic hydroxyl groups excluding tert-OH is 1. The number of hydrogen-bond donors (Lipinski definition) is 2. The number of methoxy groups -OCH3 is 1. The summed E-state index contributed by atoms with van der Waals surface area (Å²) < 4.78 is 51.2. The Bertz CT molecular complexity index is 1350. The number of nitrogens with one attached hydrogen (secondary N) is 1. The topological polar surface area (TPSA) is 141 Å². The minimum absolute atomic E-state index is 0.0106. The van der Waals surface area contributed by atoms with E-state index in [0.717, 1.165) is 12.0 Å². The summed E-state index contributed by atoms with van der Waals surface area (Å²) in [6.07, 6.45) is -1.19. The Kier molecular flexibility index (Phi) is 11.4. The normalized spacial score (nSPS) is 21.5. The van der Waals surface area contributed by atoms with E-state index in [9.17, 15) is 23.1 Å². The van der Waals surface area contributed by atoms with Crippen LogP contribution in [0.15, 0.2) is 59.5 Å². The minimum Gasteiger partial charge on any atom is -0.497 e. The largest absolute Gasteiger partial charge is 0.497 e. The first-order valence-electron chi connectivity index (χ1n) is 14.9. The quantitative estimate of drug-likeness (QED) is 0.302. The van der Waals surface area contributed by atoms with Gasteiger partial charge in [0.15, 0.2) is 6.29 Å². The first kappa shape index (κ1) is 33.9. The van der Waals surface area contributed by atoms with Crippen molar-refractivity contribution in [2.45, 2.75) is 75.9 Å². The third-order valence-electron chi connectivity index (χ3n) is 8.16. The van der Waals surface area contributed by atoms with Crippen LogP contribution in [0.25, 0.3) is 0 Å². The lowest BCUT2D eigenvalue weighted by molar-refractivity contribution is -0.117. The fourth-order valence-electron chi connectivity index (χ4n) is 5.57. The molecule has 3 unspecified atom stereocenters. The number of carbonyl (C=O) groups is 2. The first-order chi connectivity index (χ1) is 20.9. The molecule has 5 atom stereocenters. The molecule has 2 aliphatic rings. The van der Waals surface area contributed by atoms with E-state index in [2.05, 4.69) is 5.32 Å². The van der Waals surface area contributed by atoms with Gasteiger partial charge in [-0.15, -0.1) is 0 Å². The van der Waals surface area contributed by atoms with Crippen LogP contribution in [0.1, 0.15) is 45.6 Å². The van der Waals surface area contributed by atoms with Gasteiger partial charge in [0.2, 0.25) is 10.0 Å². The van der Waals surface area contributed by atoms with E-state index in [1.807, 2.05) is 44.2 Å². The molecule has 0 aliphatic carbocycles. The van der Waals surface area contributed by atoms with E-state index in [1.165, 1.54) is 30.5 Å². The molecule has 11 nitrogen and oxygen atoms in total. The maximum Gasteiger partial charge on any atom is 0.407 e. The maximum atomic E-state index is 14.0. The Morgan fingerprint density at radius 3 is 2.48 bits per heavy atom. The van der Waals surface area contributed by atoms with Crippen molar-refractivity contribution in [3.63, 3.8) is 0 Å². The van der Waals surface area contributed by atoms with E-state index < -0.39 is 39.8 Å². The molecule has 2 aliphatic heterocycles. The SMILES string of the molecule is COc1ccc(S(=O)(=O)N(C[C@@H](O)[C@H](Cc2ccccc2)NC(=O)OC2COC3OCCC23)CC(C)(C)CCC(C)=O)cc1. The first-order valence-corrected chi connectivity index (χ1v) is 16.4. The highest BCUT2D eigenvalue weighted by Gasteiger charge is 2.44. The number of alkyl carbamates (subject to hydrolysis) is 1. The van der Waals surface area contributed by atoms with Crippen LogP contribution in [0.5, 0.6) is 5.75 Å². The Morgan fingerprint density at radius 2 is 1.82 bits per heavy atom. The number of sulfonamides is 1. The van der Waals surface area contributed by atoms with Gasteiger partial charge in [-0.3, -0.25) is 0 Å². The number of hydrogen-bond acceptors (Lipinski definition) is 9. The van der Waals surface area contributed by atoms with Crippen LogP contribution in [0.2, 0.25) is 0 Å². The van der Waals surface area contributed by atoms with Crippen LogP contribution in [-0.4, -0.2) is 87.7 Å². The predicted molar refractivity (Wildman–Crippen MR) is 163 cm³/mol. The van der Waals surface area contributed by atoms with Gasteiger partial charge in [0, 0.05) is 19.5 Å². The number of nitrogens with zero attached hydrogens (tertiary/aromatic N) is 1. The second kappa shape index (κ2) is 14.8. The Hall–Kier alpha value is -3.03. The highest BCUT2D eigenvalue weighted by Crippen LogP contribution is 2.33. The van der Waals surface area contributed by atoms with Gasteiger partial charge in [0.1, 0.15) is 17.6 Å². The van der Waals surface area contributed by atoms with Crippen molar-refractivity contribution < 1.29 is 42.1 Å². The Balaban J connectivity index is 1.57. The summed E-state index contributed by atoms with van der Waals surface area (Å²) in [6.45, 7) is 5.77. The second-order valence-corrected chi connectivity index (χ2v) is 14.3. The van der Waals surface area contributed by atoms with Crippen molar-refractivity contribution in [1.29, 1.82) is 0 Å². The van der Waals surface area contributed by atoms with Gasteiger partial charge in [0.25, 0.3) is 0 Å². The molecule has 2 aromatic rings. The standard InChI is InChI=1S/C32H44N2O9S/c1-22(35)14-16-32(2,3)21-34(44(38,39)25-12-10-24(40-4)11-13-25)19-28(36)27(18-23-8-6-5-7-9-23)33-31(37)43-29-20-42-30-26(29)15-17-41-30/h5-13,26-30,36H,14-21H2,1-4H3,(H,33,37)/t26?,27-,28+,29?,30?/m0/s1. The monoisotopic (exact) mass is 632 g/mol. The van der Waals surface area contributed by atoms with Crippen LogP contribution in [0.3, 0.4) is 0 Å². The highest BCUT2D eigenvalue weighted by molar-refractivity contribution is 7.89. The summed E-state index contributed by atoms with van der Waals surface area (Å²) >= 11 is 0. The minimum atomic E-state index is -4.10. The summed E-state index contributed by atoms with van der Waals surface area (Å²) in [5.41, 5.74) is 0.255. The van der Waals surface area contributed by atoms with Crippen LogP contribution in [0, 0.1) is 11.3 Å². The molecule has 2 heterocycles. The van der Waals surface area contributed by atoms with Crippen LogP contribution >= 0.6 is 0 Å². The third-order valence-corrected chi connectivity index (χ3v) is 9.98. The molecule has 0 radical (unpaired) electrons. The molecular weight excluding hydrogens is 588 g/mol. The lowest BCUT2D eigenvalue weighted by Crippen LogP contribution is -2.52. The number of aliphatic hydroxyl groups is 1. The van der Waals surface area contributed by atoms with Gasteiger partial charge in [-0.05, 0) is 61.4 Å². The number of ether oxygens (including phenoxy) is 4. The molecule has 2 saturated heterocycles. The molecule has 0 saturated carbocycles. The summed E-state index contributed by atoms with van der Waals surface area (Å²) in [7, 11) is -2.60. The van der Waals surface area contributed by atoms with Crippen molar-refractivity contribution >= 4 is 21.9 Å². The molecule has 242 valence electrons. The number of Topliss-reactive ketones (excluding diaryl/α,β-unsaturated/α-hetero) is 1.